The van der Waals surface area contributed by atoms with Gasteiger partial charge in [0.05, 0.1) is 18.8 Å². The van der Waals surface area contributed by atoms with Crippen LogP contribution in [0.25, 0.3) is 0 Å². The van der Waals surface area contributed by atoms with Crippen molar-refractivity contribution >= 4 is 12.4 Å². The molecule has 0 aromatic heterocycles. The Morgan fingerprint density at radius 2 is 1.72 bits per heavy atom. The molecule has 0 saturated carbocycles. The van der Waals surface area contributed by atoms with E-state index in [9.17, 15) is 4.79 Å². The molecular formula is C22H32N2O5. The number of morpholine rings is 1. The maximum atomic E-state index is 13.3. The number of hydrogen-bond acceptors (Lipinski definition) is 5. The lowest BCUT2D eigenvalue weighted by molar-refractivity contribution is -0.155. The van der Waals surface area contributed by atoms with Gasteiger partial charge < -0.3 is 24.4 Å². The molecule has 0 radical (unpaired) electrons. The van der Waals surface area contributed by atoms with Crippen LogP contribution in [0.1, 0.15) is 37.3 Å². The van der Waals surface area contributed by atoms with Crippen LogP contribution in [0.5, 0.6) is 0 Å². The van der Waals surface area contributed by atoms with Gasteiger partial charge in [0.2, 0.25) is 5.91 Å². The van der Waals surface area contributed by atoms with E-state index in [1.54, 1.807) is 0 Å². The number of carboxylic acid groups (broad SMARTS) is 1. The van der Waals surface area contributed by atoms with E-state index in [-0.39, 0.29) is 30.4 Å². The quantitative estimate of drug-likeness (QED) is 0.775. The van der Waals surface area contributed by atoms with Crippen molar-refractivity contribution in [1.82, 2.24) is 9.80 Å². The average Bonchev–Trinajstić information content (AvgIpc) is 3.28. The molecule has 1 N–H and O–H groups in total. The highest BCUT2D eigenvalue weighted by Crippen LogP contribution is 2.33. The van der Waals surface area contributed by atoms with Crippen LogP contribution in [0.3, 0.4) is 0 Å². The summed E-state index contributed by atoms with van der Waals surface area (Å²) in [6.45, 7) is 5.69. The summed E-state index contributed by atoms with van der Waals surface area (Å²) in [7, 11) is 0. The predicted molar refractivity (Wildman–Crippen MR) is 109 cm³/mol. The lowest BCUT2D eigenvalue weighted by Crippen LogP contribution is -2.53. The zero-order valence-corrected chi connectivity index (χ0v) is 16.9. The zero-order chi connectivity index (χ0) is 20.5. The van der Waals surface area contributed by atoms with Crippen LogP contribution >= 0.6 is 0 Å². The highest BCUT2D eigenvalue weighted by atomic mass is 16.5. The lowest BCUT2D eigenvalue weighted by Gasteiger charge is -2.44. The van der Waals surface area contributed by atoms with Gasteiger partial charge >= 0.3 is 0 Å². The molecule has 0 spiro atoms. The second kappa shape index (κ2) is 11.3. The fraction of sp³-hybridized carbons (Fsp3) is 0.636. The van der Waals surface area contributed by atoms with E-state index in [1.165, 1.54) is 18.4 Å². The van der Waals surface area contributed by atoms with Gasteiger partial charge in [-0.2, -0.15) is 0 Å². The Morgan fingerprint density at radius 1 is 1.07 bits per heavy atom. The largest absolute Gasteiger partial charge is 0.483 e. The summed E-state index contributed by atoms with van der Waals surface area (Å²) >= 11 is 0. The SMILES string of the molecule is O=C(C1CCOCC1)N1CCO[C@@H](CN2CCCC2)[C@@H]1c1ccccc1.O=CO. The summed E-state index contributed by atoms with van der Waals surface area (Å²) in [6, 6.07) is 10.5. The van der Waals surface area contributed by atoms with E-state index in [2.05, 4.69) is 34.1 Å². The Kier molecular flexibility index (Phi) is 8.46. The van der Waals surface area contributed by atoms with E-state index in [1.807, 2.05) is 6.07 Å². The van der Waals surface area contributed by atoms with Crippen molar-refractivity contribution in [2.45, 2.75) is 37.8 Å². The van der Waals surface area contributed by atoms with Crippen molar-refractivity contribution in [2.75, 3.05) is 46.0 Å². The number of likely N-dealkylation sites (tertiary alicyclic amines) is 1. The fourth-order valence-corrected chi connectivity index (χ4v) is 4.58. The van der Waals surface area contributed by atoms with Gasteiger partial charge in [-0.25, -0.2) is 0 Å². The molecule has 0 bridgehead atoms. The van der Waals surface area contributed by atoms with Gasteiger partial charge in [-0.1, -0.05) is 30.3 Å². The van der Waals surface area contributed by atoms with Crippen LogP contribution in [-0.4, -0.2) is 79.4 Å². The zero-order valence-electron chi connectivity index (χ0n) is 16.9. The number of benzene rings is 1. The van der Waals surface area contributed by atoms with Gasteiger partial charge in [-0.05, 0) is 44.3 Å². The third-order valence-electron chi connectivity index (χ3n) is 5.98. The van der Waals surface area contributed by atoms with Gasteiger partial charge in [-0.15, -0.1) is 0 Å². The molecular weight excluding hydrogens is 372 g/mol. The third kappa shape index (κ3) is 5.78. The molecule has 3 fully saturated rings. The van der Waals surface area contributed by atoms with E-state index >= 15 is 0 Å². The molecule has 3 saturated heterocycles. The van der Waals surface area contributed by atoms with Gasteiger partial charge in [-0.3, -0.25) is 9.59 Å². The molecule has 1 aromatic rings. The second-order valence-corrected chi connectivity index (χ2v) is 7.80. The first-order valence-electron chi connectivity index (χ1n) is 10.6. The van der Waals surface area contributed by atoms with Gasteiger partial charge in [0.1, 0.15) is 0 Å². The molecule has 3 aliphatic heterocycles. The van der Waals surface area contributed by atoms with Gasteiger partial charge in [0.25, 0.3) is 6.47 Å². The predicted octanol–water partition coefficient (Wildman–Crippen LogP) is 2.18. The number of amides is 1. The van der Waals surface area contributed by atoms with Crippen molar-refractivity contribution < 1.29 is 24.2 Å². The van der Waals surface area contributed by atoms with Crippen LogP contribution in [0.15, 0.2) is 30.3 Å². The Balaban J connectivity index is 0.000000755. The second-order valence-electron chi connectivity index (χ2n) is 7.80. The Hall–Kier alpha value is -1.96. The Bertz CT molecular complexity index is 629. The molecule has 1 amide bonds. The topological polar surface area (TPSA) is 79.3 Å². The minimum atomic E-state index is -0.250. The first kappa shape index (κ1) is 21.7. The number of carbonyl (C=O) groups excluding carboxylic acids is 1. The van der Waals surface area contributed by atoms with Crippen molar-refractivity contribution in [3.05, 3.63) is 35.9 Å². The van der Waals surface area contributed by atoms with Gasteiger partial charge in [0.15, 0.2) is 0 Å². The molecule has 7 nitrogen and oxygen atoms in total. The number of rotatable bonds is 4. The summed E-state index contributed by atoms with van der Waals surface area (Å²) < 4.78 is 11.7. The molecule has 1 aromatic carbocycles. The first-order chi connectivity index (χ1) is 14.2. The minimum Gasteiger partial charge on any atom is -0.483 e. The normalized spacial score (nSPS) is 25.9. The van der Waals surface area contributed by atoms with Gasteiger partial charge in [0, 0.05) is 32.2 Å². The molecule has 0 unspecified atom stereocenters. The summed E-state index contributed by atoms with van der Waals surface area (Å²) in [5.41, 5.74) is 1.19. The van der Waals surface area contributed by atoms with Crippen molar-refractivity contribution in [2.24, 2.45) is 5.92 Å². The highest BCUT2D eigenvalue weighted by molar-refractivity contribution is 5.79. The van der Waals surface area contributed by atoms with Crippen LogP contribution in [0.2, 0.25) is 0 Å². The van der Waals surface area contributed by atoms with E-state index in [0.717, 1.165) is 32.5 Å². The van der Waals surface area contributed by atoms with E-state index < -0.39 is 0 Å². The molecule has 3 heterocycles. The Labute approximate surface area is 172 Å². The maximum absolute atomic E-state index is 13.3. The number of nitrogens with zero attached hydrogens (tertiary/aromatic N) is 2. The number of carbonyl (C=O) groups is 2. The van der Waals surface area contributed by atoms with Crippen LogP contribution in [0.4, 0.5) is 0 Å². The summed E-state index contributed by atoms with van der Waals surface area (Å²) in [4.78, 5) is 26.3. The summed E-state index contributed by atoms with van der Waals surface area (Å²) in [5, 5.41) is 6.89. The monoisotopic (exact) mass is 404 g/mol. The molecule has 4 rings (SSSR count). The smallest absolute Gasteiger partial charge is 0.290 e. The molecule has 2 atom stereocenters. The summed E-state index contributed by atoms with van der Waals surface area (Å²) in [5.74, 6) is 0.386. The standard InChI is InChI=1S/C21H30N2O3.CH2O2/c24-21(18-8-13-25-14-9-18)23-12-15-26-19(16-22-10-4-5-11-22)20(23)17-6-2-1-3-7-17;2-1-3/h1-3,6-7,18-20H,4-5,8-16H2;1H,(H,2,3)/t19-,20-;/m0./s1. The molecule has 7 heteroatoms. The number of hydrogen-bond donors (Lipinski definition) is 1. The maximum Gasteiger partial charge on any atom is 0.290 e. The van der Waals surface area contributed by atoms with Crippen LogP contribution in [0, 0.1) is 5.92 Å². The van der Waals surface area contributed by atoms with E-state index in [0.29, 0.717) is 26.4 Å². The Morgan fingerprint density at radius 3 is 2.38 bits per heavy atom. The number of ether oxygens (including phenoxy) is 2. The fourth-order valence-electron chi connectivity index (χ4n) is 4.58. The molecule has 29 heavy (non-hydrogen) atoms. The molecule has 3 aliphatic rings. The molecule has 0 aliphatic carbocycles. The third-order valence-corrected chi connectivity index (χ3v) is 5.98. The van der Waals surface area contributed by atoms with Crippen molar-refractivity contribution in [3.8, 4) is 0 Å². The minimum absolute atomic E-state index is 0.0147. The van der Waals surface area contributed by atoms with E-state index in [4.69, 9.17) is 19.4 Å². The summed E-state index contributed by atoms with van der Waals surface area (Å²) in [6.07, 6.45) is 4.28. The highest BCUT2D eigenvalue weighted by Gasteiger charge is 2.39. The van der Waals surface area contributed by atoms with Crippen LogP contribution < -0.4 is 0 Å². The van der Waals surface area contributed by atoms with Crippen molar-refractivity contribution in [3.63, 3.8) is 0 Å². The average molecular weight is 405 g/mol. The molecule has 160 valence electrons. The first-order valence-corrected chi connectivity index (χ1v) is 10.6. The lowest BCUT2D eigenvalue weighted by atomic mass is 9.93. The van der Waals surface area contributed by atoms with Crippen LogP contribution in [-0.2, 0) is 19.1 Å². The van der Waals surface area contributed by atoms with Crippen molar-refractivity contribution in [1.29, 1.82) is 0 Å².